The molecule has 3 rings (SSSR count). The van der Waals surface area contributed by atoms with Gasteiger partial charge in [-0.2, -0.15) is 0 Å². The Bertz CT molecular complexity index is 538. The standard InChI is InChI=1S/C15H18ClNO3/c1-10(2)5-6-17-13-4-3-11(16)9-12(13)15(14(17)18)19-7-8-20-15/h3-4,9-10H,5-8H2,1-2H3. The van der Waals surface area contributed by atoms with Crippen molar-refractivity contribution >= 4 is 23.2 Å². The normalized spacial score (nSPS) is 20.2. The Balaban J connectivity index is 2.01. The highest BCUT2D eigenvalue weighted by Crippen LogP contribution is 2.46. The lowest BCUT2D eigenvalue weighted by Gasteiger charge is -2.22. The van der Waals surface area contributed by atoms with Gasteiger partial charge >= 0.3 is 0 Å². The summed E-state index contributed by atoms with van der Waals surface area (Å²) >= 11 is 6.07. The van der Waals surface area contributed by atoms with Crippen molar-refractivity contribution in [1.82, 2.24) is 0 Å². The number of ether oxygens (including phenoxy) is 2. The fourth-order valence-corrected chi connectivity index (χ4v) is 2.88. The number of amides is 1. The quantitative estimate of drug-likeness (QED) is 0.860. The van der Waals surface area contributed by atoms with Crippen molar-refractivity contribution in [3.8, 4) is 0 Å². The summed E-state index contributed by atoms with van der Waals surface area (Å²) < 4.78 is 11.3. The number of nitrogens with zero attached hydrogens (tertiary/aromatic N) is 1. The lowest BCUT2D eigenvalue weighted by molar-refractivity contribution is -0.180. The predicted octanol–water partition coefficient (Wildman–Crippen LogP) is 2.93. The van der Waals surface area contributed by atoms with Crippen LogP contribution in [0.15, 0.2) is 18.2 Å². The summed E-state index contributed by atoms with van der Waals surface area (Å²) in [6.45, 7) is 5.80. The maximum atomic E-state index is 12.7. The average Bonchev–Trinajstić information content (AvgIpc) is 2.97. The van der Waals surface area contributed by atoms with E-state index in [9.17, 15) is 4.79 Å². The first-order valence-corrected chi connectivity index (χ1v) is 7.32. The van der Waals surface area contributed by atoms with Crippen molar-refractivity contribution in [2.45, 2.75) is 26.1 Å². The van der Waals surface area contributed by atoms with Crippen LogP contribution < -0.4 is 4.90 Å². The molecule has 2 aliphatic heterocycles. The number of carbonyl (C=O) groups excluding carboxylic acids is 1. The molecule has 2 heterocycles. The van der Waals surface area contributed by atoms with Gasteiger partial charge in [-0.15, -0.1) is 0 Å². The molecule has 5 heteroatoms. The molecule has 20 heavy (non-hydrogen) atoms. The molecule has 1 aromatic rings. The number of benzene rings is 1. The second-order valence-corrected chi connectivity index (χ2v) is 6.05. The van der Waals surface area contributed by atoms with E-state index < -0.39 is 5.79 Å². The highest BCUT2D eigenvalue weighted by Gasteiger charge is 2.55. The molecule has 0 unspecified atom stereocenters. The van der Waals surface area contributed by atoms with Crippen LogP contribution in [0.5, 0.6) is 0 Å². The van der Waals surface area contributed by atoms with E-state index in [1.165, 1.54) is 0 Å². The molecule has 1 spiro atoms. The molecule has 2 aliphatic rings. The third-order valence-electron chi connectivity index (χ3n) is 3.75. The Morgan fingerprint density at radius 3 is 2.70 bits per heavy atom. The Labute approximate surface area is 123 Å². The SMILES string of the molecule is CC(C)CCN1C(=O)C2(OCCO2)c2cc(Cl)ccc21. The fraction of sp³-hybridized carbons (Fsp3) is 0.533. The van der Waals surface area contributed by atoms with Crippen LogP contribution in [0.2, 0.25) is 5.02 Å². The number of halogens is 1. The minimum atomic E-state index is -1.27. The van der Waals surface area contributed by atoms with Crippen LogP contribution in [-0.4, -0.2) is 25.7 Å². The smallest absolute Gasteiger partial charge is 0.292 e. The lowest BCUT2D eigenvalue weighted by atomic mass is 10.1. The van der Waals surface area contributed by atoms with Gasteiger partial charge < -0.3 is 14.4 Å². The van der Waals surface area contributed by atoms with Gasteiger partial charge in [0.15, 0.2) is 0 Å². The van der Waals surface area contributed by atoms with E-state index in [0.29, 0.717) is 30.7 Å². The van der Waals surface area contributed by atoms with Gasteiger partial charge in [0.25, 0.3) is 11.7 Å². The van der Waals surface area contributed by atoms with Gasteiger partial charge in [-0.05, 0) is 30.5 Å². The van der Waals surface area contributed by atoms with Crippen molar-refractivity contribution in [2.24, 2.45) is 5.92 Å². The van der Waals surface area contributed by atoms with E-state index in [4.69, 9.17) is 21.1 Å². The van der Waals surface area contributed by atoms with Crippen molar-refractivity contribution in [2.75, 3.05) is 24.7 Å². The van der Waals surface area contributed by atoms with Crippen molar-refractivity contribution in [3.63, 3.8) is 0 Å². The monoisotopic (exact) mass is 295 g/mol. The fourth-order valence-electron chi connectivity index (χ4n) is 2.71. The van der Waals surface area contributed by atoms with E-state index in [-0.39, 0.29) is 5.91 Å². The van der Waals surface area contributed by atoms with Crippen molar-refractivity contribution < 1.29 is 14.3 Å². The molecule has 0 bridgehead atoms. The molecule has 0 N–H and O–H groups in total. The molecule has 1 amide bonds. The first-order chi connectivity index (χ1) is 9.54. The second-order valence-electron chi connectivity index (χ2n) is 5.61. The topological polar surface area (TPSA) is 38.8 Å². The number of fused-ring (bicyclic) bond motifs is 2. The first kappa shape index (κ1) is 13.9. The van der Waals surface area contributed by atoms with Gasteiger partial charge in [0.2, 0.25) is 0 Å². The number of rotatable bonds is 3. The zero-order valence-corrected chi connectivity index (χ0v) is 12.4. The first-order valence-electron chi connectivity index (χ1n) is 6.94. The molecule has 1 aromatic carbocycles. The lowest BCUT2D eigenvalue weighted by Crippen LogP contribution is -2.41. The minimum Gasteiger partial charge on any atom is -0.336 e. The van der Waals surface area contributed by atoms with Crippen molar-refractivity contribution in [3.05, 3.63) is 28.8 Å². The molecule has 0 radical (unpaired) electrons. The van der Waals surface area contributed by atoms with E-state index >= 15 is 0 Å². The van der Waals surface area contributed by atoms with Crippen molar-refractivity contribution in [1.29, 1.82) is 0 Å². The minimum absolute atomic E-state index is 0.132. The summed E-state index contributed by atoms with van der Waals surface area (Å²) in [5.74, 6) is -0.870. The Morgan fingerprint density at radius 2 is 2.05 bits per heavy atom. The number of carbonyl (C=O) groups is 1. The van der Waals surface area contributed by atoms with E-state index in [1.54, 1.807) is 17.0 Å². The number of hydrogen-bond donors (Lipinski definition) is 0. The molecule has 0 aliphatic carbocycles. The second kappa shape index (κ2) is 5.02. The average molecular weight is 296 g/mol. The zero-order valence-electron chi connectivity index (χ0n) is 11.7. The summed E-state index contributed by atoms with van der Waals surface area (Å²) in [7, 11) is 0. The van der Waals surface area contributed by atoms with E-state index in [0.717, 1.165) is 17.7 Å². The van der Waals surface area contributed by atoms with E-state index in [1.807, 2.05) is 6.07 Å². The van der Waals surface area contributed by atoms with Gasteiger partial charge in [0.05, 0.1) is 18.9 Å². The molecule has 1 fully saturated rings. The highest BCUT2D eigenvalue weighted by atomic mass is 35.5. The molecule has 1 saturated heterocycles. The molecule has 0 aromatic heterocycles. The van der Waals surface area contributed by atoms with Gasteiger partial charge in [-0.3, -0.25) is 4.79 Å². The number of anilines is 1. The molecular formula is C15H18ClNO3. The van der Waals surface area contributed by atoms with Gasteiger partial charge in [-0.25, -0.2) is 0 Å². The molecule has 0 atom stereocenters. The third kappa shape index (κ3) is 2.03. The van der Waals surface area contributed by atoms with Crippen LogP contribution in [0.4, 0.5) is 5.69 Å². The largest absolute Gasteiger partial charge is 0.336 e. The van der Waals surface area contributed by atoms with E-state index in [2.05, 4.69) is 13.8 Å². The maximum absolute atomic E-state index is 12.7. The zero-order chi connectivity index (χ0) is 14.3. The molecule has 4 nitrogen and oxygen atoms in total. The summed E-state index contributed by atoms with van der Waals surface area (Å²) in [5.41, 5.74) is 1.58. The summed E-state index contributed by atoms with van der Waals surface area (Å²) in [6.07, 6.45) is 0.934. The van der Waals surface area contributed by atoms with Gasteiger partial charge in [-0.1, -0.05) is 25.4 Å². The summed E-state index contributed by atoms with van der Waals surface area (Å²) in [5, 5.41) is 0.584. The van der Waals surface area contributed by atoms with Crippen LogP contribution in [0.1, 0.15) is 25.8 Å². The maximum Gasteiger partial charge on any atom is 0.292 e. The Kier molecular flexibility index (Phi) is 3.48. The summed E-state index contributed by atoms with van der Waals surface area (Å²) in [6, 6.07) is 5.44. The Morgan fingerprint density at radius 1 is 1.35 bits per heavy atom. The van der Waals surface area contributed by atoms with Gasteiger partial charge in [0, 0.05) is 17.1 Å². The van der Waals surface area contributed by atoms with Gasteiger partial charge in [0.1, 0.15) is 0 Å². The molecule has 0 saturated carbocycles. The van der Waals surface area contributed by atoms with Crippen LogP contribution in [0, 0.1) is 5.92 Å². The van der Waals surface area contributed by atoms with Crippen LogP contribution in [0.25, 0.3) is 0 Å². The van der Waals surface area contributed by atoms with Crippen LogP contribution in [-0.2, 0) is 20.1 Å². The third-order valence-corrected chi connectivity index (χ3v) is 3.99. The molecular weight excluding hydrogens is 278 g/mol. The van der Waals surface area contributed by atoms with Crippen LogP contribution >= 0.6 is 11.6 Å². The predicted molar refractivity (Wildman–Crippen MR) is 76.8 cm³/mol. The van der Waals surface area contributed by atoms with Crippen LogP contribution in [0.3, 0.4) is 0 Å². The molecule has 108 valence electrons. The number of hydrogen-bond acceptors (Lipinski definition) is 3. The summed E-state index contributed by atoms with van der Waals surface area (Å²) in [4.78, 5) is 14.5. The Hall–Kier alpha value is -1.10. The highest BCUT2D eigenvalue weighted by molar-refractivity contribution is 6.31.